The second kappa shape index (κ2) is 8.68. The molecule has 10 nitrogen and oxygen atoms in total. The Kier molecular flexibility index (Phi) is 5.56. The van der Waals surface area contributed by atoms with Crippen molar-refractivity contribution in [2.24, 2.45) is 0 Å². The van der Waals surface area contributed by atoms with Gasteiger partial charge in [0, 0.05) is 18.7 Å². The van der Waals surface area contributed by atoms with Crippen molar-refractivity contribution in [2.45, 2.75) is 17.9 Å². The van der Waals surface area contributed by atoms with Crippen LogP contribution in [0.5, 0.6) is 0 Å². The molecule has 2 aliphatic heterocycles. The number of hydrogen-bond donors (Lipinski definition) is 1. The highest BCUT2D eigenvalue weighted by Crippen LogP contribution is 2.25. The summed E-state index contributed by atoms with van der Waals surface area (Å²) in [6.45, 7) is 1.52. The Morgan fingerprint density at radius 1 is 1.00 bits per heavy atom. The van der Waals surface area contributed by atoms with Crippen molar-refractivity contribution in [3.8, 4) is 0 Å². The van der Waals surface area contributed by atoms with Crippen molar-refractivity contribution in [3.05, 3.63) is 77.4 Å². The number of nitrogens with one attached hydrogen (secondary N) is 1. The van der Waals surface area contributed by atoms with E-state index in [9.17, 15) is 13.2 Å². The number of amides is 1. The van der Waals surface area contributed by atoms with Crippen LogP contribution in [0.2, 0.25) is 0 Å². The van der Waals surface area contributed by atoms with Crippen molar-refractivity contribution in [3.63, 3.8) is 0 Å². The van der Waals surface area contributed by atoms with E-state index in [2.05, 4.69) is 15.5 Å². The Morgan fingerprint density at radius 3 is 2.55 bits per heavy atom. The van der Waals surface area contributed by atoms with Crippen molar-refractivity contribution >= 4 is 27.7 Å². The van der Waals surface area contributed by atoms with Gasteiger partial charge in [-0.05, 0) is 41.8 Å². The van der Waals surface area contributed by atoms with Gasteiger partial charge in [-0.15, -0.1) is 5.10 Å². The molecular formula is C22H20N4O6S. The summed E-state index contributed by atoms with van der Waals surface area (Å²) in [5.41, 5.74) is 2.41. The van der Waals surface area contributed by atoms with Crippen LogP contribution in [0.4, 0.5) is 6.01 Å². The number of nitrogens with zero attached hydrogens (tertiary/aromatic N) is 3. The minimum absolute atomic E-state index is 0.0783. The second-order valence-corrected chi connectivity index (χ2v) is 9.39. The number of ether oxygens (including phenoxy) is 2. The highest BCUT2D eigenvalue weighted by molar-refractivity contribution is 7.89. The number of aromatic nitrogens is 2. The van der Waals surface area contributed by atoms with Crippen LogP contribution in [0, 0.1) is 0 Å². The van der Waals surface area contributed by atoms with Crippen LogP contribution in [0.3, 0.4) is 0 Å². The Balaban J connectivity index is 1.27. The van der Waals surface area contributed by atoms with Crippen LogP contribution < -0.4 is 5.32 Å². The third-order valence-electron chi connectivity index (χ3n) is 5.36. The first-order chi connectivity index (χ1) is 16.0. The maximum atomic E-state index is 13.1. The molecule has 0 bridgehead atoms. The van der Waals surface area contributed by atoms with Gasteiger partial charge in [0.2, 0.25) is 15.8 Å². The Hall–Kier alpha value is -3.70. The van der Waals surface area contributed by atoms with Crippen LogP contribution in [-0.2, 0) is 32.5 Å². The van der Waals surface area contributed by atoms with Crippen LogP contribution in [0.15, 0.2) is 64.1 Å². The summed E-state index contributed by atoms with van der Waals surface area (Å²) in [6.07, 6.45) is 2.03. The SMILES string of the molecule is O=C(Nc1nnc(C2=COCCO2)o1)c1ccc(S(=O)(=O)N2CCc3ccccc3C2)cc1. The average Bonchev–Trinajstić information content (AvgIpc) is 3.33. The van der Waals surface area contributed by atoms with E-state index in [0.717, 1.165) is 5.56 Å². The van der Waals surface area contributed by atoms with Gasteiger partial charge in [-0.25, -0.2) is 8.42 Å². The van der Waals surface area contributed by atoms with E-state index in [-0.39, 0.29) is 28.1 Å². The van der Waals surface area contributed by atoms with Crippen molar-refractivity contribution in [1.82, 2.24) is 14.5 Å². The molecule has 5 rings (SSSR count). The van der Waals surface area contributed by atoms with Gasteiger partial charge in [0.25, 0.3) is 11.8 Å². The van der Waals surface area contributed by atoms with E-state index in [0.29, 0.717) is 32.7 Å². The maximum absolute atomic E-state index is 13.1. The van der Waals surface area contributed by atoms with E-state index < -0.39 is 15.9 Å². The molecule has 0 radical (unpaired) electrons. The maximum Gasteiger partial charge on any atom is 0.322 e. The molecular weight excluding hydrogens is 448 g/mol. The number of sulfonamides is 1. The van der Waals surface area contributed by atoms with Crippen molar-refractivity contribution in [2.75, 3.05) is 25.1 Å². The van der Waals surface area contributed by atoms with E-state index in [1.54, 1.807) is 0 Å². The largest absolute Gasteiger partial charge is 0.494 e. The molecule has 33 heavy (non-hydrogen) atoms. The molecule has 170 valence electrons. The lowest BCUT2D eigenvalue weighted by Crippen LogP contribution is -2.35. The van der Waals surface area contributed by atoms with Crippen LogP contribution >= 0.6 is 0 Å². The molecule has 0 saturated heterocycles. The van der Waals surface area contributed by atoms with Gasteiger partial charge in [-0.2, -0.15) is 4.31 Å². The summed E-state index contributed by atoms with van der Waals surface area (Å²) < 4.78 is 43.5. The third-order valence-corrected chi connectivity index (χ3v) is 7.21. The molecule has 2 aromatic carbocycles. The second-order valence-electron chi connectivity index (χ2n) is 7.45. The van der Waals surface area contributed by atoms with Gasteiger partial charge in [0.05, 0.1) is 4.90 Å². The topological polar surface area (TPSA) is 124 Å². The summed E-state index contributed by atoms with van der Waals surface area (Å²) in [5, 5.41) is 10.1. The summed E-state index contributed by atoms with van der Waals surface area (Å²) in [7, 11) is -3.69. The summed E-state index contributed by atoms with van der Waals surface area (Å²) in [4.78, 5) is 12.7. The lowest BCUT2D eigenvalue weighted by atomic mass is 10.0. The molecule has 3 aromatic rings. The molecule has 0 aliphatic carbocycles. The lowest BCUT2D eigenvalue weighted by Gasteiger charge is -2.28. The average molecular weight is 468 g/mol. The summed E-state index contributed by atoms with van der Waals surface area (Å²) >= 11 is 0. The molecule has 2 aliphatic rings. The number of anilines is 1. The molecule has 0 fully saturated rings. The van der Waals surface area contributed by atoms with Crippen LogP contribution in [0.1, 0.15) is 27.4 Å². The van der Waals surface area contributed by atoms with Gasteiger partial charge in [0.15, 0.2) is 0 Å². The summed E-state index contributed by atoms with van der Waals surface area (Å²) in [6, 6.07) is 13.4. The molecule has 3 heterocycles. The van der Waals surface area contributed by atoms with Crippen molar-refractivity contribution in [1.29, 1.82) is 0 Å². The molecule has 11 heteroatoms. The molecule has 1 amide bonds. The third kappa shape index (κ3) is 4.32. The first-order valence-corrected chi connectivity index (χ1v) is 11.7. The molecule has 0 spiro atoms. The Bertz CT molecular complexity index is 1320. The molecule has 0 saturated carbocycles. The quantitative estimate of drug-likeness (QED) is 0.605. The predicted octanol–water partition coefficient (Wildman–Crippen LogP) is 2.41. The highest BCUT2D eigenvalue weighted by atomic mass is 32.2. The van der Waals surface area contributed by atoms with Crippen molar-refractivity contribution < 1.29 is 27.1 Å². The van der Waals surface area contributed by atoms with Gasteiger partial charge >= 0.3 is 6.01 Å². The number of carbonyl (C=O) groups is 1. The van der Waals surface area contributed by atoms with E-state index >= 15 is 0 Å². The van der Waals surface area contributed by atoms with Gasteiger partial charge < -0.3 is 13.9 Å². The first kappa shape index (κ1) is 21.2. The number of carbonyl (C=O) groups excluding carboxylic acids is 1. The van der Waals surface area contributed by atoms with Gasteiger partial charge in [-0.3, -0.25) is 10.1 Å². The molecule has 1 N–H and O–H groups in total. The van der Waals surface area contributed by atoms with Gasteiger partial charge in [0.1, 0.15) is 19.5 Å². The molecule has 0 unspecified atom stereocenters. The zero-order chi connectivity index (χ0) is 22.8. The monoisotopic (exact) mass is 468 g/mol. The Morgan fingerprint density at radius 2 is 1.79 bits per heavy atom. The fourth-order valence-electron chi connectivity index (χ4n) is 3.63. The minimum atomic E-state index is -3.69. The zero-order valence-electron chi connectivity index (χ0n) is 17.4. The van der Waals surface area contributed by atoms with Crippen LogP contribution in [-0.4, -0.2) is 48.6 Å². The predicted molar refractivity (Wildman–Crippen MR) is 116 cm³/mol. The van der Waals surface area contributed by atoms with E-state index in [1.807, 2.05) is 24.3 Å². The summed E-state index contributed by atoms with van der Waals surface area (Å²) in [5.74, 6) is -0.158. The smallest absolute Gasteiger partial charge is 0.322 e. The number of hydrogen-bond acceptors (Lipinski definition) is 8. The van der Waals surface area contributed by atoms with E-state index in [1.165, 1.54) is 40.4 Å². The standard InChI is InChI=1S/C22H20N4O6S/c27-20(23-22-25-24-21(32-22)19-14-30-11-12-31-19)16-5-7-18(8-6-16)33(28,29)26-10-9-15-3-1-2-4-17(15)13-26/h1-8,14H,9-13H2,(H,23,25,27). The molecule has 1 aromatic heterocycles. The Labute approximate surface area is 189 Å². The minimum Gasteiger partial charge on any atom is -0.494 e. The number of rotatable bonds is 5. The number of benzene rings is 2. The number of fused-ring (bicyclic) bond motifs is 1. The first-order valence-electron chi connectivity index (χ1n) is 10.3. The van der Waals surface area contributed by atoms with Crippen LogP contribution in [0.25, 0.3) is 5.76 Å². The molecule has 0 atom stereocenters. The zero-order valence-corrected chi connectivity index (χ0v) is 18.2. The van der Waals surface area contributed by atoms with E-state index in [4.69, 9.17) is 13.9 Å². The fraction of sp³-hybridized carbons (Fsp3) is 0.227. The van der Waals surface area contributed by atoms with Gasteiger partial charge in [-0.1, -0.05) is 29.4 Å². The normalized spacial score (nSPS) is 16.2. The fourth-order valence-corrected chi connectivity index (χ4v) is 5.04. The highest BCUT2D eigenvalue weighted by Gasteiger charge is 2.28. The lowest BCUT2D eigenvalue weighted by molar-refractivity contribution is 0.102.